The molecule has 0 aromatic carbocycles. The number of hydrogen-bond acceptors (Lipinski definition) is 6. The predicted molar refractivity (Wildman–Crippen MR) is 78.6 cm³/mol. The van der Waals surface area contributed by atoms with Crippen LogP contribution >= 0.6 is 23.8 Å². The normalized spacial score (nSPS) is 20.3. The number of aryl methyl sites for hydroxylation is 1. The molecule has 1 aromatic heterocycles. The third kappa shape index (κ3) is 2.84. The fourth-order valence-electron chi connectivity index (χ4n) is 1.62. The van der Waals surface area contributed by atoms with Crippen LogP contribution in [0, 0.1) is 18.3 Å². The number of hydrogen-bond donors (Lipinski definition) is 1. The Labute approximate surface area is 120 Å². The lowest BCUT2D eigenvalue weighted by Crippen LogP contribution is -2.36. The second-order valence-corrected chi connectivity index (χ2v) is 4.82. The quantitative estimate of drug-likeness (QED) is 0.840. The summed E-state index contributed by atoms with van der Waals surface area (Å²) in [7, 11) is 0. The number of halogens is 1. The summed E-state index contributed by atoms with van der Waals surface area (Å²) in [6.07, 6.45) is 0.893. The van der Waals surface area contributed by atoms with Crippen LogP contribution in [0.5, 0.6) is 0 Å². The van der Waals surface area contributed by atoms with E-state index < -0.39 is 12.1 Å². The molecule has 0 saturated carbocycles. The van der Waals surface area contributed by atoms with Crippen LogP contribution in [0.3, 0.4) is 0 Å². The van der Waals surface area contributed by atoms with Gasteiger partial charge in [0.05, 0.1) is 16.6 Å². The summed E-state index contributed by atoms with van der Waals surface area (Å²) in [6, 6.07) is 5.76. The molecule has 1 aromatic rings. The molecule has 1 aliphatic rings. The number of thiocarbonyl (C=S) groups is 1. The Morgan fingerprint density at radius 1 is 1.58 bits per heavy atom. The van der Waals surface area contributed by atoms with Gasteiger partial charge in [0.15, 0.2) is 5.84 Å². The summed E-state index contributed by atoms with van der Waals surface area (Å²) in [5.41, 5.74) is 7.30. The Hall–Kier alpha value is -1.68. The molecule has 0 spiro atoms. The Morgan fingerprint density at radius 2 is 2.32 bits per heavy atom. The van der Waals surface area contributed by atoms with Crippen molar-refractivity contribution in [3.05, 3.63) is 29.6 Å². The smallest absolute Gasteiger partial charge is 0.150 e. The first-order chi connectivity index (χ1) is 9.02. The minimum atomic E-state index is -0.740. The third-order valence-corrected chi connectivity index (χ3v) is 3.41. The van der Waals surface area contributed by atoms with E-state index in [0.29, 0.717) is 5.69 Å². The standard InChI is InChI=1S/C12H10ClN5S/c1-6-2-3-16-8(4-6)7(5-14)12-17-10(13)9(19)11(15)18-12/h2-4,7,11H,15H2,1H3. The molecule has 7 heteroatoms. The monoisotopic (exact) mass is 291 g/mol. The summed E-state index contributed by atoms with van der Waals surface area (Å²) in [4.78, 5) is 12.6. The highest BCUT2D eigenvalue weighted by molar-refractivity contribution is 7.82. The molecule has 0 amide bonds. The van der Waals surface area contributed by atoms with Gasteiger partial charge in [-0.15, -0.1) is 0 Å². The Kier molecular flexibility index (Phi) is 4.00. The lowest BCUT2D eigenvalue weighted by molar-refractivity contribution is 0.907. The summed E-state index contributed by atoms with van der Waals surface area (Å²) in [6.45, 7) is 1.92. The van der Waals surface area contributed by atoms with Crippen molar-refractivity contribution in [2.75, 3.05) is 0 Å². The van der Waals surface area contributed by atoms with Gasteiger partial charge >= 0.3 is 0 Å². The van der Waals surface area contributed by atoms with E-state index in [1.165, 1.54) is 0 Å². The lowest BCUT2D eigenvalue weighted by Gasteiger charge is -2.17. The minimum Gasteiger partial charge on any atom is -0.305 e. The number of pyridine rings is 1. The zero-order chi connectivity index (χ0) is 14.0. The van der Waals surface area contributed by atoms with Gasteiger partial charge in [0.2, 0.25) is 0 Å². The van der Waals surface area contributed by atoms with Gasteiger partial charge in [-0.1, -0.05) is 23.8 Å². The first kappa shape index (κ1) is 13.7. The lowest BCUT2D eigenvalue weighted by atomic mass is 10.0. The molecule has 0 bridgehead atoms. The van der Waals surface area contributed by atoms with Crippen LogP contribution in [0.2, 0.25) is 0 Å². The highest BCUT2D eigenvalue weighted by Gasteiger charge is 2.26. The maximum absolute atomic E-state index is 9.30. The molecule has 0 saturated heterocycles. The third-order valence-electron chi connectivity index (χ3n) is 2.58. The second-order valence-electron chi connectivity index (χ2n) is 4.02. The zero-order valence-corrected chi connectivity index (χ0v) is 11.6. The fourth-order valence-corrected chi connectivity index (χ4v) is 1.92. The van der Waals surface area contributed by atoms with E-state index in [1.807, 2.05) is 13.0 Å². The van der Waals surface area contributed by atoms with Crippen molar-refractivity contribution in [3.8, 4) is 6.07 Å². The van der Waals surface area contributed by atoms with E-state index in [2.05, 4.69) is 21.0 Å². The molecular formula is C12H10ClN5S. The molecule has 0 radical (unpaired) electrons. The molecule has 5 nitrogen and oxygen atoms in total. The zero-order valence-electron chi connectivity index (χ0n) is 10.0. The summed E-state index contributed by atoms with van der Waals surface area (Å²) in [5.74, 6) is -0.463. The maximum Gasteiger partial charge on any atom is 0.150 e. The SMILES string of the molecule is Cc1ccnc(C(C#N)C2=NC(N)C(=S)C(Cl)=N2)c1. The number of amidine groups is 1. The molecule has 1 aliphatic heterocycles. The van der Waals surface area contributed by atoms with E-state index >= 15 is 0 Å². The summed E-state index contributed by atoms with van der Waals surface area (Å²) < 4.78 is 0. The van der Waals surface area contributed by atoms with Crippen molar-refractivity contribution < 1.29 is 0 Å². The van der Waals surface area contributed by atoms with Gasteiger partial charge in [-0.05, 0) is 24.6 Å². The average Bonchev–Trinajstić information content (AvgIpc) is 2.37. The molecule has 2 atom stereocenters. The molecule has 2 N–H and O–H groups in total. The number of aromatic nitrogens is 1. The number of nitrogens with two attached hydrogens (primary N) is 1. The van der Waals surface area contributed by atoms with Crippen LogP contribution in [0.4, 0.5) is 0 Å². The van der Waals surface area contributed by atoms with Gasteiger partial charge in [0.1, 0.15) is 17.3 Å². The van der Waals surface area contributed by atoms with Crippen LogP contribution in [-0.2, 0) is 0 Å². The van der Waals surface area contributed by atoms with E-state index in [1.54, 1.807) is 12.3 Å². The molecule has 19 heavy (non-hydrogen) atoms. The molecule has 2 unspecified atom stereocenters. The summed E-state index contributed by atoms with van der Waals surface area (Å²) >= 11 is 10.9. The first-order valence-electron chi connectivity index (χ1n) is 5.46. The molecule has 2 rings (SSSR count). The summed E-state index contributed by atoms with van der Waals surface area (Å²) in [5, 5.41) is 9.42. The maximum atomic E-state index is 9.30. The highest BCUT2D eigenvalue weighted by atomic mass is 35.5. The first-order valence-corrected chi connectivity index (χ1v) is 6.25. The molecule has 2 heterocycles. The number of rotatable bonds is 2. The minimum absolute atomic E-state index is 0.111. The Morgan fingerprint density at radius 3 is 2.89 bits per heavy atom. The van der Waals surface area contributed by atoms with E-state index in [-0.39, 0.29) is 15.9 Å². The number of aliphatic imine (C=N–C) groups is 2. The second kappa shape index (κ2) is 5.53. The largest absolute Gasteiger partial charge is 0.305 e. The van der Waals surface area contributed by atoms with Crippen LogP contribution in [0.15, 0.2) is 28.3 Å². The molecule has 0 fully saturated rings. The van der Waals surface area contributed by atoms with Crippen molar-refractivity contribution in [3.63, 3.8) is 0 Å². The van der Waals surface area contributed by atoms with Crippen molar-refractivity contribution in [1.82, 2.24) is 4.98 Å². The Balaban J connectivity index is 2.42. The highest BCUT2D eigenvalue weighted by Crippen LogP contribution is 2.20. The Bertz CT molecular complexity index is 631. The molecule has 96 valence electrons. The molecular weight excluding hydrogens is 282 g/mol. The van der Waals surface area contributed by atoms with Crippen molar-refractivity contribution >= 4 is 39.7 Å². The number of nitrogens with zero attached hydrogens (tertiary/aromatic N) is 4. The topological polar surface area (TPSA) is 87.4 Å². The van der Waals surface area contributed by atoms with E-state index in [9.17, 15) is 5.26 Å². The van der Waals surface area contributed by atoms with Gasteiger partial charge < -0.3 is 5.73 Å². The van der Waals surface area contributed by atoms with Crippen LogP contribution in [0.1, 0.15) is 17.2 Å². The van der Waals surface area contributed by atoms with Gasteiger partial charge in [0, 0.05) is 6.20 Å². The predicted octanol–water partition coefficient (Wildman–Crippen LogP) is 1.70. The van der Waals surface area contributed by atoms with E-state index in [0.717, 1.165) is 5.56 Å². The van der Waals surface area contributed by atoms with Crippen molar-refractivity contribution in [1.29, 1.82) is 5.26 Å². The van der Waals surface area contributed by atoms with Gasteiger partial charge in [-0.2, -0.15) is 5.26 Å². The van der Waals surface area contributed by atoms with Crippen LogP contribution in [0.25, 0.3) is 0 Å². The van der Waals surface area contributed by atoms with Crippen LogP contribution < -0.4 is 5.73 Å². The average molecular weight is 292 g/mol. The molecule has 0 aliphatic carbocycles. The van der Waals surface area contributed by atoms with Gasteiger partial charge in [0.25, 0.3) is 0 Å². The fraction of sp³-hybridized carbons (Fsp3) is 0.250. The van der Waals surface area contributed by atoms with Gasteiger partial charge in [-0.25, -0.2) is 9.98 Å². The van der Waals surface area contributed by atoms with Crippen molar-refractivity contribution in [2.24, 2.45) is 15.7 Å². The van der Waals surface area contributed by atoms with E-state index in [4.69, 9.17) is 29.6 Å². The van der Waals surface area contributed by atoms with Gasteiger partial charge in [-0.3, -0.25) is 4.98 Å². The number of nitriles is 1. The van der Waals surface area contributed by atoms with Crippen LogP contribution in [-0.4, -0.2) is 27.0 Å². The van der Waals surface area contributed by atoms with Crippen molar-refractivity contribution in [2.45, 2.75) is 19.0 Å².